The number of nitrogens with one attached hydrogen (secondary N) is 2. The number of benzene rings is 1. The SMILES string of the molecule is CCOCCCNC(=NCc1ccc(OC)cc1)NCC(c1ccco1)N1CCCC1.I. The summed E-state index contributed by atoms with van der Waals surface area (Å²) < 4.78 is 16.4. The van der Waals surface area contributed by atoms with Crippen LogP contribution in [0.3, 0.4) is 0 Å². The zero-order valence-corrected chi connectivity index (χ0v) is 21.5. The van der Waals surface area contributed by atoms with Gasteiger partial charge in [0.25, 0.3) is 0 Å². The summed E-state index contributed by atoms with van der Waals surface area (Å²) in [6.45, 7) is 7.87. The average molecular weight is 556 g/mol. The van der Waals surface area contributed by atoms with Crippen LogP contribution in [0.25, 0.3) is 0 Å². The normalized spacial score (nSPS) is 15.2. The van der Waals surface area contributed by atoms with Crippen molar-refractivity contribution in [2.45, 2.75) is 38.8 Å². The fourth-order valence-electron chi connectivity index (χ4n) is 3.74. The Hall–Kier alpha value is -1.78. The zero-order valence-electron chi connectivity index (χ0n) is 19.2. The van der Waals surface area contributed by atoms with E-state index in [1.165, 1.54) is 12.8 Å². The topological polar surface area (TPSA) is 71.3 Å². The van der Waals surface area contributed by atoms with E-state index in [1.54, 1.807) is 13.4 Å². The van der Waals surface area contributed by atoms with Gasteiger partial charge in [-0.05, 0) is 69.1 Å². The number of halogens is 1. The molecule has 1 unspecified atom stereocenters. The summed E-state index contributed by atoms with van der Waals surface area (Å²) in [6, 6.07) is 12.3. The van der Waals surface area contributed by atoms with Crippen LogP contribution >= 0.6 is 24.0 Å². The van der Waals surface area contributed by atoms with Crippen LogP contribution in [-0.4, -0.2) is 57.4 Å². The lowest BCUT2D eigenvalue weighted by atomic mass is 10.2. The molecule has 0 bridgehead atoms. The summed E-state index contributed by atoms with van der Waals surface area (Å²) in [4.78, 5) is 7.30. The lowest BCUT2D eigenvalue weighted by Crippen LogP contribution is -2.43. The Kier molecular flexibility index (Phi) is 12.5. The molecule has 0 amide bonds. The number of rotatable bonds is 12. The van der Waals surface area contributed by atoms with Crippen molar-refractivity contribution in [1.29, 1.82) is 0 Å². The van der Waals surface area contributed by atoms with Gasteiger partial charge in [-0.1, -0.05) is 12.1 Å². The van der Waals surface area contributed by atoms with Crippen molar-refractivity contribution in [2.75, 3.05) is 46.5 Å². The Morgan fingerprint density at radius 2 is 1.94 bits per heavy atom. The van der Waals surface area contributed by atoms with Gasteiger partial charge in [-0.3, -0.25) is 4.90 Å². The summed E-state index contributed by atoms with van der Waals surface area (Å²) in [5, 5.41) is 6.99. The van der Waals surface area contributed by atoms with Gasteiger partial charge in [0.2, 0.25) is 0 Å². The fourth-order valence-corrected chi connectivity index (χ4v) is 3.74. The smallest absolute Gasteiger partial charge is 0.191 e. The van der Waals surface area contributed by atoms with E-state index < -0.39 is 0 Å². The molecule has 8 heteroatoms. The predicted octanol–water partition coefficient (Wildman–Crippen LogP) is 4.21. The van der Waals surface area contributed by atoms with E-state index in [-0.39, 0.29) is 30.0 Å². The zero-order chi connectivity index (χ0) is 21.7. The number of aliphatic imine (C=N–C) groups is 1. The summed E-state index contributed by atoms with van der Waals surface area (Å²) in [6.07, 6.45) is 5.17. The maximum absolute atomic E-state index is 5.75. The van der Waals surface area contributed by atoms with E-state index in [2.05, 4.69) is 21.6 Å². The first-order valence-corrected chi connectivity index (χ1v) is 11.3. The van der Waals surface area contributed by atoms with Crippen molar-refractivity contribution >= 4 is 29.9 Å². The van der Waals surface area contributed by atoms with Gasteiger partial charge in [-0.15, -0.1) is 24.0 Å². The van der Waals surface area contributed by atoms with Crippen molar-refractivity contribution in [3.63, 3.8) is 0 Å². The van der Waals surface area contributed by atoms with Crippen LogP contribution < -0.4 is 15.4 Å². The molecule has 1 aromatic heterocycles. The highest BCUT2D eigenvalue weighted by molar-refractivity contribution is 14.0. The first-order valence-electron chi connectivity index (χ1n) is 11.3. The van der Waals surface area contributed by atoms with E-state index in [0.29, 0.717) is 6.54 Å². The Morgan fingerprint density at radius 3 is 2.59 bits per heavy atom. The fraction of sp³-hybridized carbons (Fsp3) is 0.542. The van der Waals surface area contributed by atoms with Gasteiger partial charge in [0, 0.05) is 26.3 Å². The van der Waals surface area contributed by atoms with Gasteiger partial charge < -0.3 is 24.5 Å². The summed E-state index contributed by atoms with van der Waals surface area (Å²) in [5.41, 5.74) is 1.14. The van der Waals surface area contributed by atoms with Crippen LogP contribution in [0.4, 0.5) is 0 Å². The maximum Gasteiger partial charge on any atom is 0.191 e. The number of nitrogens with zero attached hydrogens (tertiary/aromatic N) is 2. The largest absolute Gasteiger partial charge is 0.497 e. The number of methoxy groups -OCH3 is 1. The van der Waals surface area contributed by atoms with E-state index in [9.17, 15) is 0 Å². The highest BCUT2D eigenvalue weighted by Gasteiger charge is 2.25. The Bertz CT molecular complexity index is 762. The molecule has 1 saturated heterocycles. The number of furan rings is 1. The second kappa shape index (κ2) is 15.1. The predicted molar refractivity (Wildman–Crippen MR) is 139 cm³/mol. The first kappa shape index (κ1) is 26.5. The van der Waals surface area contributed by atoms with Crippen molar-refractivity contribution in [1.82, 2.24) is 15.5 Å². The van der Waals surface area contributed by atoms with Crippen LogP contribution in [0.1, 0.15) is 43.6 Å². The van der Waals surface area contributed by atoms with Crippen molar-refractivity contribution in [3.05, 3.63) is 54.0 Å². The van der Waals surface area contributed by atoms with Crippen LogP contribution in [0, 0.1) is 0 Å². The second-order valence-corrected chi connectivity index (χ2v) is 7.65. The number of hydrogen-bond donors (Lipinski definition) is 2. The second-order valence-electron chi connectivity index (χ2n) is 7.65. The molecule has 1 aliphatic heterocycles. The van der Waals surface area contributed by atoms with E-state index in [0.717, 1.165) is 68.8 Å². The molecule has 2 N–H and O–H groups in total. The quantitative estimate of drug-likeness (QED) is 0.177. The molecule has 7 nitrogen and oxygen atoms in total. The number of likely N-dealkylation sites (tertiary alicyclic amines) is 1. The molecule has 2 heterocycles. The minimum Gasteiger partial charge on any atom is -0.497 e. The number of hydrogen-bond acceptors (Lipinski definition) is 5. The molecule has 1 fully saturated rings. The van der Waals surface area contributed by atoms with Gasteiger partial charge in [-0.25, -0.2) is 4.99 Å². The third kappa shape index (κ3) is 8.63. The summed E-state index contributed by atoms with van der Waals surface area (Å²) in [5.74, 6) is 2.66. The maximum atomic E-state index is 5.75. The molecular weight excluding hydrogens is 519 g/mol. The molecular formula is C24H37IN4O3. The molecule has 1 aromatic carbocycles. The molecule has 0 radical (unpaired) electrons. The number of guanidine groups is 1. The van der Waals surface area contributed by atoms with Gasteiger partial charge >= 0.3 is 0 Å². The van der Waals surface area contributed by atoms with Crippen LogP contribution in [0.5, 0.6) is 5.75 Å². The third-order valence-corrected chi connectivity index (χ3v) is 5.46. The van der Waals surface area contributed by atoms with Crippen molar-refractivity contribution < 1.29 is 13.9 Å². The highest BCUT2D eigenvalue weighted by atomic mass is 127. The van der Waals surface area contributed by atoms with E-state index in [1.807, 2.05) is 37.3 Å². The summed E-state index contributed by atoms with van der Waals surface area (Å²) >= 11 is 0. The third-order valence-electron chi connectivity index (χ3n) is 5.46. The lowest BCUT2D eigenvalue weighted by Gasteiger charge is -2.26. The molecule has 0 saturated carbocycles. The van der Waals surface area contributed by atoms with E-state index in [4.69, 9.17) is 18.9 Å². The monoisotopic (exact) mass is 556 g/mol. The Labute approximate surface area is 209 Å². The molecule has 3 rings (SSSR count). The standard InChI is InChI=1S/C24H36N4O3.HI/c1-3-30-16-7-13-25-24(26-18-20-9-11-21(29-2)12-10-20)27-19-22(23-8-6-17-31-23)28-14-4-5-15-28;/h6,8-12,17,22H,3-5,7,13-16,18-19H2,1-2H3,(H2,25,26,27);1H. The van der Waals surface area contributed by atoms with Crippen molar-refractivity contribution in [3.8, 4) is 5.75 Å². The molecule has 32 heavy (non-hydrogen) atoms. The van der Waals surface area contributed by atoms with Gasteiger partial charge in [0.15, 0.2) is 5.96 Å². The van der Waals surface area contributed by atoms with Crippen molar-refractivity contribution in [2.24, 2.45) is 4.99 Å². The lowest BCUT2D eigenvalue weighted by molar-refractivity contribution is 0.145. The van der Waals surface area contributed by atoms with Gasteiger partial charge in [-0.2, -0.15) is 0 Å². The molecule has 0 spiro atoms. The highest BCUT2D eigenvalue weighted by Crippen LogP contribution is 2.24. The molecule has 2 aromatic rings. The molecule has 0 aliphatic carbocycles. The Balaban J connectivity index is 0.00000363. The minimum atomic E-state index is 0. The van der Waals surface area contributed by atoms with Gasteiger partial charge in [0.1, 0.15) is 11.5 Å². The summed E-state index contributed by atoms with van der Waals surface area (Å²) in [7, 11) is 1.68. The first-order chi connectivity index (χ1) is 15.3. The van der Waals surface area contributed by atoms with Crippen LogP contribution in [0.2, 0.25) is 0 Å². The van der Waals surface area contributed by atoms with Gasteiger partial charge in [0.05, 0.1) is 26.0 Å². The molecule has 1 aliphatic rings. The molecule has 178 valence electrons. The number of ether oxygens (including phenoxy) is 2. The van der Waals surface area contributed by atoms with E-state index >= 15 is 0 Å². The molecule has 1 atom stereocenters. The van der Waals surface area contributed by atoms with Crippen LogP contribution in [-0.2, 0) is 11.3 Å². The minimum absolute atomic E-state index is 0. The average Bonchev–Trinajstić information content (AvgIpc) is 3.52. The van der Waals surface area contributed by atoms with Crippen LogP contribution in [0.15, 0.2) is 52.1 Å². The Morgan fingerprint density at radius 1 is 1.16 bits per heavy atom.